The van der Waals surface area contributed by atoms with Gasteiger partial charge in [-0.1, -0.05) is 19.3 Å². The summed E-state index contributed by atoms with van der Waals surface area (Å²) >= 11 is 5.61. The predicted molar refractivity (Wildman–Crippen MR) is 76.2 cm³/mol. The molecule has 18 heavy (non-hydrogen) atoms. The molecule has 4 nitrogen and oxygen atoms in total. The second-order valence-corrected chi connectivity index (χ2v) is 7.31. The molecule has 6 heteroatoms. The third-order valence-electron chi connectivity index (χ3n) is 3.39. The molecule has 0 aromatic carbocycles. The second kappa shape index (κ2) is 8.35. The van der Waals surface area contributed by atoms with Crippen LogP contribution in [0.4, 0.5) is 0 Å². The van der Waals surface area contributed by atoms with Gasteiger partial charge in [0.2, 0.25) is 0 Å². The van der Waals surface area contributed by atoms with E-state index in [4.69, 9.17) is 11.6 Å². The van der Waals surface area contributed by atoms with E-state index in [1.807, 2.05) is 0 Å². The van der Waals surface area contributed by atoms with Crippen LogP contribution in [0.15, 0.2) is 0 Å². The number of unbranched alkanes of at least 4 members (excludes halogenated alkanes) is 2. The molecule has 108 valence electrons. The van der Waals surface area contributed by atoms with E-state index >= 15 is 0 Å². The highest BCUT2D eigenvalue weighted by atomic mass is 35.5. The molecule has 0 aromatic heterocycles. The van der Waals surface area contributed by atoms with Crippen LogP contribution >= 0.6 is 11.6 Å². The van der Waals surface area contributed by atoms with Crippen LogP contribution in [0.5, 0.6) is 0 Å². The maximum atomic E-state index is 12.3. The molecule has 0 bridgehead atoms. The van der Waals surface area contributed by atoms with Gasteiger partial charge >= 0.3 is 0 Å². The minimum absolute atomic E-state index is 0.593. The zero-order valence-corrected chi connectivity index (χ0v) is 12.8. The van der Waals surface area contributed by atoms with Crippen molar-refractivity contribution in [2.45, 2.75) is 44.9 Å². The lowest BCUT2D eigenvalue weighted by Crippen LogP contribution is -2.42. The monoisotopic (exact) mass is 296 g/mol. The van der Waals surface area contributed by atoms with Gasteiger partial charge in [0.05, 0.1) is 0 Å². The minimum Gasteiger partial charge on any atom is -0.195 e. The summed E-state index contributed by atoms with van der Waals surface area (Å²) < 4.78 is 27.8. The molecule has 0 N–H and O–H groups in total. The van der Waals surface area contributed by atoms with Crippen LogP contribution < -0.4 is 0 Å². The standard InChI is InChI=1S/C12H25ClN2O2S/c1-14(10-6-4-5-9-13)18(16,17)15-11-7-2-3-8-12-15/h2-12H2,1H3. The first kappa shape index (κ1) is 16.2. The Balaban J connectivity index is 2.44. The number of hydrogen-bond donors (Lipinski definition) is 0. The fraction of sp³-hybridized carbons (Fsp3) is 1.00. The average Bonchev–Trinajstić information content (AvgIpc) is 2.63. The fourth-order valence-corrected chi connectivity index (χ4v) is 3.85. The largest absolute Gasteiger partial charge is 0.281 e. The molecular weight excluding hydrogens is 272 g/mol. The quantitative estimate of drug-likeness (QED) is 0.535. The van der Waals surface area contributed by atoms with E-state index in [0.717, 1.165) is 44.9 Å². The first-order chi connectivity index (χ1) is 8.59. The normalized spacial score (nSPS) is 19.1. The molecule has 0 radical (unpaired) electrons. The fourth-order valence-electron chi connectivity index (χ4n) is 2.19. The molecule has 0 atom stereocenters. The van der Waals surface area contributed by atoms with E-state index < -0.39 is 10.2 Å². The van der Waals surface area contributed by atoms with Crippen molar-refractivity contribution in [1.82, 2.24) is 8.61 Å². The van der Waals surface area contributed by atoms with Gasteiger partial charge in [0, 0.05) is 32.6 Å². The van der Waals surface area contributed by atoms with E-state index in [2.05, 4.69) is 0 Å². The molecule has 1 aliphatic heterocycles. The third-order valence-corrected chi connectivity index (χ3v) is 5.65. The molecular formula is C12H25ClN2O2S. The van der Waals surface area contributed by atoms with Crippen molar-refractivity contribution in [1.29, 1.82) is 0 Å². The van der Waals surface area contributed by atoms with Gasteiger partial charge in [0.1, 0.15) is 0 Å². The van der Waals surface area contributed by atoms with Crippen molar-refractivity contribution >= 4 is 21.8 Å². The first-order valence-electron chi connectivity index (χ1n) is 6.86. The molecule has 0 amide bonds. The Bertz CT molecular complexity index is 314. The Kier molecular flexibility index (Phi) is 7.53. The Morgan fingerprint density at radius 1 is 1.06 bits per heavy atom. The Morgan fingerprint density at radius 2 is 1.67 bits per heavy atom. The van der Waals surface area contributed by atoms with Crippen LogP contribution in [0, 0.1) is 0 Å². The molecule has 1 heterocycles. The van der Waals surface area contributed by atoms with Crippen LogP contribution in [0.2, 0.25) is 0 Å². The highest BCUT2D eigenvalue weighted by molar-refractivity contribution is 7.86. The molecule has 0 unspecified atom stereocenters. The summed E-state index contributed by atoms with van der Waals surface area (Å²) in [5.74, 6) is 0.655. The highest BCUT2D eigenvalue weighted by Crippen LogP contribution is 2.16. The van der Waals surface area contributed by atoms with Gasteiger partial charge in [-0.3, -0.25) is 0 Å². The van der Waals surface area contributed by atoms with Crippen LogP contribution in [0.25, 0.3) is 0 Å². The molecule has 1 fully saturated rings. The summed E-state index contributed by atoms with van der Waals surface area (Å²) in [5, 5.41) is 0. The Labute approximate surface area is 116 Å². The Hall–Kier alpha value is 0.160. The second-order valence-electron chi connectivity index (χ2n) is 4.89. The molecule has 0 spiro atoms. The maximum absolute atomic E-state index is 12.3. The van der Waals surface area contributed by atoms with Crippen LogP contribution in [-0.2, 0) is 10.2 Å². The van der Waals surface area contributed by atoms with E-state index in [0.29, 0.717) is 25.5 Å². The number of rotatable bonds is 7. The number of nitrogens with zero attached hydrogens (tertiary/aromatic N) is 2. The third kappa shape index (κ3) is 5.03. The first-order valence-corrected chi connectivity index (χ1v) is 8.79. The van der Waals surface area contributed by atoms with Crippen LogP contribution in [0.3, 0.4) is 0 Å². The molecule has 1 saturated heterocycles. The van der Waals surface area contributed by atoms with Gasteiger partial charge in [-0.2, -0.15) is 17.0 Å². The molecule has 1 aliphatic rings. The van der Waals surface area contributed by atoms with Crippen molar-refractivity contribution in [3.05, 3.63) is 0 Å². The number of hydrogen-bond acceptors (Lipinski definition) is 2. The SMILES string of the molecule is CN(CCCCCCl)S(=O)(=O)N1CCCCCC1. The highest BCUT2D eigenvalue weighted by Gasteiger charge is 2.26. The smallest absolute Gasteiger partial charge is 0.195 e. The summed E-state index contributed by atoms with van der Waals surface area (Å²) in [4.78, 5) is 0. The molecule has 0 aromatic rings. The van der Waals surface area contributed by atoms with Crippen molar-refractivity contribution < 1.29 is 8.42 Å². The number of halogens is 1. The van der Waals surface area contributed by atoms with Gasteiger partial charge in [-0.05, 0) is 25.7 Å². The van der Waals surface area contributed by atoms with Crippen molar-refractivity contribution in [2.24, 2.45) is 0 Å². The average molecular weight is 297 g/mol. The van der Waals surface area contributed by atoms with E-state index in [1.165, 1.54) is 4.31 Å². The lowest BCUT2D eigenvalue weighted by atomic mass is 10.2. The minimum atomic E-state index is -3.24. The van der Waals surface area contributed by atoms with Crippen LogP contribution in [-0.4, -0.2) is 49.6 Å². The van der Waals surface area contributed by atoms with Crippen molar-refractivity contribution in [2.75, 3.05) is 32.6 Å². The van der Waals surface area contributed by atoms with E-state index in [9.17, 15) is 8.42 Å². The lowest BCUT2D eigenvalue weighted by molar-refractivity contribution is 0.361. The summed E-state index contributed by atoms with van der Waals surface area (Å²) in [6, 6.07) is 0. The van der Waals surface area contributed by atoms with Crippen molar-refractivity contribution in [3.63, 3.8) is 0 Å². The zero-order chi connectivity index (χ0) is 13.4. The predicted octanol–water partition coefficient (Wildman–Crippen LogP) is 2.45. The lowest BCUT2D eigenvalue weighted by Gasteiger charge is -2.26. The van der Waals surface area contributed by atoms with Crippen LogP contribution in [0.1, 0.15) is 44.9 Å². The van der Waals surface area contributed by atoms with Gasteiger partial charge in [0.25, 0.3) is 10.2 Å². The zero-order valence-electron chi connectivity index (χ0n) is 11.3. The number of alkyl halides is 1. The van der Waals surface area contributed by atoms with E-state index in [1.54, 1.807) is 11.4 Å². The topological polar surface area (TPSA) is 40.6 Å². The van der Waals surface area contributed by atoms with Gasteiger partial charge in [-0.15, -0.1) is 11.6 Å². The summed E-state index contributed by atoms with van der Waals surface area (Å²) in [5.41, 5.74) is 0. The summed E-state index contributed by atoms with van der Waals surface area (Å²) in [6.07, 6.45) is 7.09. The summed E-state index contributed by atoms with van der Waals surface area (Å²) in [6.45, 7) is 1.94. The Morgan fingerprint density at radius 3 is 2.22 bits per heavy atom. The maximum Gasteiger partial charge on any atom is 0.281 e. The molecule has 0 saturated carbocycles. The molecule has 0 aliphatic carbocycles. The van der Waals surface area contributed by atoms with Crippen molar-refractivity contribution in [3.8, 4) is 0 Å². The molecule has 1 rings (SSSR count). The van der Waals surface area contributed by atoms with E-state index in [-0.39, 0.29) is 0 Å². The van der Waals surface area contributed by atoms with Gasteiger partial charge < -0.3 is 0 Å². The van der Waals surface area contributed by atoms with Gasteiger partial charge in [-0.25, -0.2) is 0 Å². The summed E-state index contributed by atoms with van der Waals surface area (Å²) in [7, 11) is -1.56. The van der Waals surface area contributed by atoms with Gasteiger partial charge in [0.15, 0.2) is 0 Å².